The maximum absolute atomic E-state index is 12.0. The molecule has 0 bridgehead atoms. The van der Waals surface area contributed by atoms with E-state index in [0.29, 0.717) is 25.7 Å². The van der Waals surface area contributed by atoms with Crippen LogP contribution in [0.15, 0.2) is 0 Å². The molecule has 1 atom stereocenters. The molecule has 0 aliphatic carbocycles. The topological polar surface area (TPSA) is 53.6 Å². The molecule has 0 aromatic carbocycles. The van der Waals surface area contributed by atoms with E-state index in [4.69, 9.17) is 4.74 Å². The molecule has 18 heavy (non-hydrogen) atoms. The van der Waals surface area contributed by atoms with Crippen LogP contribution >= 0.6 is 0 Å². The average molecular weight is 257 g/mol. The molecule has 0 saturated carbocycles. The third-order valence-corrected chi connectivity index (χ3v) is 3.23. The zero-order valence-electron chi connectivity index (χ0n) is 11.9. The zero-order valence-corrected chi connectivity index (χ0v) is 11.9. The Morgan fingerprint density at radius 1 is 1.39 bits per heavy atom. The number of amides is 1. The number of carbonyl (C=O) groups excluding carboxylic acids is 1. The lowest BCUT2D eigenvalue weighted by Crippen LogP contribution is -2.50. The predicted octanol–water partition coefficient (Wildman–Crippen LogP) is 0.0689. The summed E-state index contributed by atoms with van der Waals surface area (Å²) in [5.74, 6) is 0.499. The third kappa shape index (κ3) is 5.80. The van der Waals surface area contributed by atoms with Gasteiger partial charge in [-0.1, -0.05) is 13.8 Å². The molecule has 5 nitrogen and oxygen atoms in total. The number of carbonyl (C=O) groups is 1. The molecule has 0 aromatic heterocycles. The minimum absolute atomic E-state index is 0.107. The molecule has 5 heteroatoms. The highest BCUT2D eigenvalue weighted by Crippen LogP contribution is 2.02. The van der Waals surface area contributed by atoms with Crippen LogP contribution in [0.25, 0.3) is 0 Å². The van der Waals surface area contributed by atoms with Gasteiger partial charge in [-0.2, -0.15) is 0 Å². The van der Waals surface area contributed by atoms with E-state index in [0.717, 1.165) is 26.2 Å². The van der Waals surface area contributed by atoms with Crippen LogP contribution in [-0.2, 0) is 9.53 Å². The second kappa shape index (κ2) is 8.45. The molecule has 1 unspecified atom stereocenters. The lowest BCUT2D eigenvalue weighted by molar-refractivity contribution is -0.123. The van der Waals surface area contributed by atoms with Crippen LogP contribution < -0.4 is 10.6 Å². The molecule has 2 N–H and O–H groups in total. The van der Waals surface area contributed by atoms with Gasteiger partial charge in [0.1, 0.15) is 0 Å². The van der Waals surface area contributed by atoms with Crippen molar-refractivity contribution >= 4 is 5.91 Å². The molecular formula is C13H27N3O2. The third-order valence-electron chi connectivity index (χ3n) is 3.23. The predicted molar refractivity (Wildman–Crippen MR) is 72.6 cm³/mol. The van der Waals surface area contributed by atoms with Crippen LogP contribution in [0.2, 0.25) is 0 Å². The molecule has 0 radical (unpaired) electrons. The first-order chi connectivity index (χ1) is 8.63. The van der Waals surface area contributed by atoms with Gasteiger partial charge < -0.3 is 15.4 Å². The Bertz CT molecular complexity index is 240. The standard InChI is InChI=1S/C13H27N3O2/c1-4-18-10-12(11(2)3)15-13(17)9-16-7-5-14-6-8-16/h11-12,14H,4-10H2,1-3H3,(H,15,17). The Morgan fingerprint density at radius 3 is 2.61 bits per heavy atom. The van der Waals surface area contributed by atoms with Gasteiger partial charge in [0.05, 0.1) is 19.2 Å². The van der Waals surface area contributed by atoms with E-state index >= 15 is 0 Å². The largest absolute Gasteiger partial charge is 0.380 e. The van der Waals surface area contributed by atoms with Crippen LogP contribution in [0.5, 0.6) is 0 Å². The first-order valence-corrected chi connectivity index (χ1v) is 6.93. The van der Waals surface area contributed by atoms with E-state index in [2.05, 4.69) is 29.4 Å². The Balaban J connectivity index is 2.30. The maximum Gasteiger partial charge on any atom is 0.234 e. The first-order valence-electron chi connectivity index (χ1n) is 6.93. The Kier molecular flexibility index (Phi) is 7.23. The number of nitrogens with zero attached hydrogens (tertiary/aromatic N) is 1. The molecule has 106 valence electrons. The highest BCUT2D eigenvalue weighted by atomic mass is 16.5. The zero-order chi connectivity index (χ0) is 13.4. The van der Waals surface area contributed by atoms with Crippen molar-refractivity contribution in [1.82, 2.24) is 15.5 Å². The average Bonchev–Trinajstić information content (AvgIpc) is 2.35. The fourth-order valence-corrected chi connectivity index (χ4v) is 1.97. The second-order valence-electron chi connectivity index (χ2n) is 5.10. The first kappa shape index (κ1) is 15.4. The van der Waals surface area contributed by atoms with E-state index < -0.39 is 0 Å². The summed E-state index contributed by atoms with van der Waals surface area (Å²) in [6.07, 6.45) is 0. The van der Waals surface area contributed by atoms with E-state index in [1.165, 1.54) is 0 Å². The van der Waals surface area contributed by atoms with Crippen molar-refractivity contribution < 1.29 is 9.53 Å². The highest BCUT2D eigenvalue weighted by Gasteiger charge is 2.19. The molecule has 0 aromatic rings. The maximum atomic E-state index is 12.0. The number of piperazine rings is 1. The molecule has 0 spiro atoms. The number of nitrogens with one attached hydrogen (secondary N) is 2. The van der Waals surface area contributed by atoms with Gasteiger partial charge in [0, 0.05) is 32.8 Å². The van der Waals surface area contributed by atoms with E-state index in [9.17, 15) is 4.79 Å². The summed E-state index contributed by atoms with van der Waals surface area (Å²) in [6, 6.07) is 0.111. The molecule has 1 fully saturated rings. The van der Waals surface area contributed by atoms with Gasteiger partial charge >= 0.3 is 0 Å². The number of rotatable bonds is 7. The van der Waals surface area contributed by atoms with Crippen LogP contribution in [0.4, 0.5) is 0 Å². The van der Waals surface area contributed by atoms with Crippen LogP contribution in [0.1, 0.15) is 20.8 Å². The number of ether oxygens (including phenoxy) is 1. The number of hydrogen-bond acceptors (Lipinski definition) is 4. The fraction of sp³-hybridized carbons (Fsp3) is 0.923. The molecule has 1 aliphatic heterocycles. The van der Waals surface area contributed by atoms with Crippen molar-refractivity contribution in [2.45, 2.75) is 26.8 Å². The lowest BCUT2D eigenvalue weighted by atomic mass is 10.1. The fourth-order valence-electron chi connectivity index (χ4n) is 1.97. The normalized spacial score (nSPS) is 18.9. The van der Waals surface area contributed by atoms with Crippen molar-refractivity contribution in [2.24, 2.45) is 5.92 Å². The monoisotopic (exact) mass is 257 g/mol. The highest BCUT2D eigenvalue weighted by molar-refractivity contribution is 5.78. The van der Waals surface area contributed by atoms with Crippen molar-refractivity contribution in [3.63, 3.8) is 0 Å². The van der Waals surface area contributed by atoms with Gasteiger partial charge in [-0.25, -0.2) is 0 Å². The molecular weight excluding hydrogens is 230 g/mol. The molecule has 1 heterocycles. The summed E-state index contributed by atoms with van der Waals surface area (Å²) in [4.78, 5) is 14.1. The second-order valence-corrected chi connectivity index (χ2v) is 5.10. The molecule has 1 aliphatic rings. The smallest absolute Gasteiger partial charge is 0.234 e. The van der Waals surface area contributed by atoms with Crippen molar-refractivity contribution in [2.75, 3.05) is 45.9 Å². The Morgan fingerprint density at radius 2 is 2.06 bits per heavy atom. The van der Waals surface area contributed by atoms with Gasteiger partial charge in [0.2, 0.25) is 5.91 Å². The summed E-state index contributed by atoms with van der Waals surface area (Å²) in [7, 11) is 0. The SMILES string of the molecule is CCOCC(NC(=O)CN1CCNCC1)C(C)C. The summed E-state index contributed by atoms with van der Waals surface area (Å²) in [5, 5.41) is 6.35. The van der Waals surface area contributed by atoms with Gasteiger partial charge in [0.15, 0.2) is 0 Å². The van der Waals surface area contributed by atoms with Crippen LogP contribution in [-0.4, -0.2) is 62.8 Å². The Hall–Kier alpha value is -0.650. The van der Waals surface area contributed by atoms with E-state index in [1.54, 1.807) is 0 Å². The van der Waals surface area contributed by atoms with Gasteiger partial charge in [0.25, 0.3) is 0 Å². The minimum Gasteiger partial charge on any atom is -0.380 e. The Labute approximate surface area is 110 Å². The summed E-state index contributed by atoms with van der Waals surface area (Å²) < 4.78 is 5.41. The summed E-state index contributed by atoms with van der Waals surface area (Å²) in [6.45, 7) is 11.8. The van der Waals surface area contributed by atoms with Crippen LogP contribution in [0.3, 0.4) is 0 Å². The van der Waals surface area contributed by atoms with E-state index in [-0.39, 0.29) is 11.9 Å². The molecule has 1 saturated heterocycles. The number of hydrogen-bond donors (Lipinski definition) is 2. The van der Waals surface area contributed by atoms with Crippen LogP contribution in [0, 0.1) is 5.92 Å². The summed E-state index contributed by atoms with van der Waals surface area (Å²) in [5.41, 5.74) is 0. The van der Waals surface area contributed by atoms with Crippen molar-refractivity contribution in [3.05, 3.63) is 0 Å². The van der Waals surface area contributed by atoms with E-state index in [1.807, 2.05) is 6.92 Å². The lowest BCUT2D eigenvalue weighted by Gasteiger charge is -2.28. The molecule has 1 amide bonds. The van der Waals surface area contributed by atoms with Gasteiger partial charge in [-0.3, -0.25) is 9.69 Å². The minimum atomic E-state index is 0.107. The van der Waals surface area contributed by atoms with Crippen molar-refractivity contribution in [3.8, 4) is 0 Å². The quantitative estimate of drug-likeness (QED) is 0.678. The van der Waals surface area contributed by atoms with Gasteiger partial charge in [-0.15, -0.1) is 0 Å². The molecule has 1 rings (SSSR count). The van der Waals surface area contributed by atoms with Crippen molar-refractivity contribution in [1.29, 1.82) is 0 Å². The summed E-state index contributed by atoms with van der Waals surface area (Å²) >= 11 is 0. The van der Waals surface area contributed by atoms with Gasteiger partial charge in [-0.05, 0) is 12.8 Å².